The van der Waals surface area contributed by atoms with E-state index in [0.29, 0.717) is 17.8 Å². The van der Waals surface area contributed by atoms with Crippen LogP contribution in [0.3, 0.4) is 0 Å². The summed E-state index contributed by atoms with van der Waals surface area (Å²) in [4.78, 5) is 2.14. The molecule has 1 N–H and O–H groups in total. The molecule has 0 bridgehead atoms. The molecule has 21 heavy (non-hydrogen) atoms. The van der Waals surface area contributed by atoms with E-state index < -0.39 is 0 Å². The summed E-state index contributed by atoms with van der Waals surface area (Å²) < 4.78 is 5.88. The van der Waals surface area contributed by atoms with Gasteiger partial charge in [-0.25, -0.2) is 0 Å². The Kier molecular flexibility index (Phi) is 3.92. The summed E-state index contributed by atoms with van der Waals surface area (Å²) in [5, 5.41) is 11.7. The fourth-order valence-corrected chi connectivity index (χ4v) is 2.88. The molecule has 5 nitrogen and oxygen atoms in total. The second-order valence-corrected chi connectivity index (χ2v) is 5.75. The molecule has 1 aromatic heterocycles. The van der Waals surface area contributed by atoms with Gasteiger partial charge in [0, 0.05) is 12.2 Å². The van der Waals surface area contributed by atoms with Crippen molar-refractivity contribution in [2.24, 2.45) is 5.92 Å². The van der Waals surface area contributed by atoms with Gasteiger partial charge in [0.05, 0.1) is 6.04 Å². The zero-order valence-electron chi connectivity index (χ0n) is 12.8. The molecule has 0 spiro atoms. The molecule has 0 radical (unpaired) electrons. The maximum atomic E-state index is 5.88. The molecule has 2 atom stereocenters. The Morgan fingerprint density at radius 1 is 1.38 bits per heavy atom. The maximum absolute atomic E-state index is 5.88. The predicted octanol–water partition coefficient (Wildman–Crippen LogP) is 3.07. The van der Waals surface area contributed by atoms with Gasteiger partial charge in [-0.05, 0) is 37.4 Å². The van der Waals surface area contributed by atoms with Crippen LogP contribution in [0.1, 0.15) is 38.3 Å². The molecule has 5 heteroatoms. The van der Waals surface area contributed by atoms with E-state index >= 15 is 0 Å². The molecule has 0 saturated carbocycles. The summed E-state index contributed by atoms with van der Waals surface area (Å²) in [6, 6.07) is 9.11. The van der Waals surface area contributed by atoms with Crippen molar-refractivity contribution < 1.29 is 4.42 Å². The summed E-state index contributed by atoms with van der Waals surface area (Å²) in [7, 11) is 0. The van der Waals surface area contributed by atoms with Crippen LogP contribution in [0, 0.1) is 5.92 Å². The monoisotopic (exact) mass is 286 g/mol. The Morgan fingerprint density at radius 3 is 3.00 bits per heavy atom. The van der Waals surface area contributed by atoms with Gasteiger partial charge in [-0.3, -0.25) is 4.90 Å². The molecule has 1 aliphatic rings. The fourth-order valence-electron chi connectivity index (χ4n) is 2.88. The average Bonchev–Trinajstić information content (AvgIpc) is 2.96. The number of fused-ring (bicyclic) bond motifs is 1. The Hall–Kier alpha value is -1.88. The molecule has 2 heterocycles. The summed E-state index contributed by atoms with van der Waals surface area (Å²) in [5.74, 6) is 1.21. The first-order chi connectivity index (χ1) is 10.2. The van der Waals surface area contributed by atoms with E-state index in [2.05, 4.69) is 58.5 Å². The van der Waals surface area contributed by atoms with Crippen LogP contribution in [-0.2, 0) is 6.42 Å². The van der Waals surface area contributed by atoms with Crippen molar-refractivity contribution in [3.63, 3.8) is 0 Å². The number of hydrogen-bond donors (Lipinski definition) is 1. The molecule has 0 amide bonds. The molecule has 2 unspecified atom stereocenters. The van der Waals surface area contributed by atoms with Crippen LogP contribution in [0.4, 0.5) is 11.7 Å². The highest BCUT2D eigenvalue weighted by atomic mass is 16.4. The minimum Gasteiger partial charge on any atom is -0.406 e. The minimum atomic E-state index is 0.0775. The quantitative estimate of drug-likeness (QED) is 0.936. The Balaban J connectivity index is 1.90. The van der Waals surface area contributed by atoms with Crippen molar-refractivity contribution in [1.82, 2.24) is 15.5 Å². The number of nitrogens with zero attached hydrogens (tertiary/aromatic N) is 3. The Morgan fingerprint density at radius 2 is 2.19 bits per heavy atom. The second-order valence-electron chi connectivity index (χ2n) is 5.75. The Labute approximate surface area is 125 Å². The molecule has 112 valence electrons. The lowest BCUT2D eigenvalue weighted by atomic mass is 9.94. The highest BCUT2D eigenvalue weighted by Crippen LogP contribution is 2.34. The summed E-state index contributed by atoms with van der Waals surface area (Å²) in [6.45, 7) is 8.14. The second kappa shape index (κ2) is 5.85. The third kappa shape index (κ3) is 2.78. The molecule has 0 fully saturated rings. The van der Waals surface area contributed by atoms with Gasteiger partial charge in [-0.15, -0.1) is 5.10 Å². The molecule has 1 aromatic carbocycles. The third-order valence-corrected chi connectivity index (χ3v) is 3.89. The summed E-state index contributed by atoms with van der Waals surface area (Å²) in [5.41, 5.74) is 2.53. The molecule has 0 aliphatic carbocycles. The van der Waals surface area contributed by atoms with Crippen LogP contribution in [0.2, 0.25) is 0 Å². The number of para-hydroxylation sites is 1. The number of aromatic nitrogens is 2. The normalized spacial score (nSPS) is 19.4. The van der Waals surface area contributed by atoms with E-state index in [0.717, 1.165) is 19.5 Å². The lowest BCUT2D eigenvalue weighted by molar-refractivity contribution is 0.417. The zero-order valence-corrected chi connectivity index (χ0v) is 12.8. The van der Waals surface area contributed by atoms with Gasteiger partial charge >= 0.3 is 6.01 Å². The van der Waals surface area contributed by atoms with Crippen molar-refractivity contribution in [2.45, 2.75) is 33.2 Å². The first-order valence-electron chi connectivity index (χ1n) is 7.61. The SMILES string of the molecule is CCNC(C)c1nnc(N2CC(C)Cc3ccccc32)o1. The molecule has 2 aromatic rings. The minimum absolute atomic E-state index is 0.0775. The lowest BCUT2D eigenvalue weighted by Crippen LogP contribution is -2.30. The van der Waals surface area contributed by atoms with E-state index in [1.807, 2.05) is 6.92 Å². The highest BCUT2D eigenvalue weighted by molar-refractivity contribution is 5.62. The molecule has 1 aliphatic heterocycles. The van der Waals surface area contributed by atoms with Gasteiger partial charge in [-0.2, -0.15) is 0 Å². The summed E-state index contributed by atoms with van der Waals surface area (Å²) >= 11 is 0. The molecular formula is C16H22N4O. The molecule has 3 rings (SSSR count). The van der Waals surface area contributed by atoms with Gasteiger partial charge in [0.25, 0.3) is 0 Å². The van der Waals surface area contributed by atoms with E-state index in [-0.39, 0.29) is 6.04 Å². The van der Waals surface area contributed by atoms with Gasteiger partial charge < -0.3 is 9.73 Å². The largest absolute Gasteiger partial charge is 0.406 e. The van der Waals surface area contributed by atoms with Crippen molar-refractivity contribution >= 4 is 11.7 Å². The number of nitrogens with one attached hydrogen (secondary N) is 1. The van der Waals surface area contributed by atoms with Crippen molar-refractivity contribution in [2.75, 3.05) is 18.0 Å². The Bertz CT molecular complexity index is 610. The van der Waals surface area contributed by atoms with E-state index in [9.17, 15) is 0 Å². The maximum Gasteiger partial charge on any atom is 0.322 e. The standard InChI is InChI=1S/C16H22N4O/c1-4-17-12(3)15-18-19-16(21-15)20-10-11(2)9-13-7-5-6-8-14(13)20/h5-8,11-12,17H,4,9-10H2,1-3H3. The van der Waals surface area contributed by atoms with Gasteiger partial charge in [0.1, 0.15) is 0 Å². The van der Waals surface area contributed by atoms with Crippen LogP contribution < -0.4 is 10.2 Å². The topological polar surface area (TPSA) is 54.2 Å². The van der Waals surface area contributed by atoms with Crippen molar-refractivity contribution in [3.05, 3.63) is 35.7 Å². The zero-order chi connectivity index (χ0) is 14.8. The summed E-state index contributed by atoms with van der Waals surface area (Å²) in [6.07, 6.45) is 1.10. The van der Waals surface area contributed by atoms with Crippen LogP contribution in [-0.4, -0.2) is 23.3 Å². The predicted molar refractivity (Wildman–Crippen MR) is 82.7 cm³/mol. The highest BCUT2D eigenvalue weighted by Gasteiger charge is 2.26. The van der Waals surface area contributed by atoms with E-state index in [4.69, 9.17) is 4.42 Å². The van der Waals surface area contributed by atoms with Crippen LogP contribution in [0.25, 0.3) is 0 Å². The third-order valence-electron chi connectivity index (χ3n) is 3.89. The van der Waals surface area contributed by atoms with E-state index in [1.54, 1.807) is 0 Å². The first kappa shape index (κ1) is 14.1. The van der Waals surface area contributed by atoms with Gasteiger partial charge in [0.2, 0.25) is 5.89 Å². The number of rotatable bonds is 4. The number of hydrogen-bond acceptors (Lipinski definition) is 5. The number of benzene rings is 1. The van der Waals surface area contributed by atoms with Crippen LogP contribution in [0.5, 0.6) is 0 Å². The van der Waals surface area contributed by atoms with Crippen LogP contribution >= 0.6 is 0 Å². The van der Waals surface area contributed by atoms with Crippen molar-refractivity contribution in [1.29, 1.82) is 0 Å². The molecule has 0 saturated heterocycles. The van der Waals surface area contributed by atoms with Crippen molar-refractivity contribution in [3.8, 4) is 0 Å². The molecular weight excluding hydrogens is 264 g/mol. The number of anilines is 2. The lowest BCUT2D eigenvalue weighted by Gasteiger charge is -2.31. The van der Waals surface area contributed by atoms with E-state index in [1.165, 1.54) is 11.3 Å². The fraction of sp³-hybridized carbons (Fsp3) is 0.500. The smallest absolute Gasteiger partial charge is 0.322 e. The first-order valence-corrected chi connectivity index (χ1v) is 7.61. The average molecular weight is 286 g/mol. The van der Waals surface area contributed by atoms with Gasteiger partial charge in [-0.1, -0.05) is 37.1 Å². The van der Waals surface area contributed by atoms with Crippen LogP contribution in [0.15, 0.2) is 28.7 Å². The van der Waals surface area contributed by atoms with Gasteiger partial charge in [0.15, 0.2) is 0 Å².